The summed E-state index contributed by atoms with van der Waals surface area (Å²) in [6.45, 7) is 6.73. The van der Waals surface area contributed by atoms with E-state index < -0.39 is 5.97 Å². The third-order valence-electron chi connectivity index (χ3n) is 2.81. The zero-order valence-electron chi connectivity index (χ0n) is 11.9. The number of aromatic nitrogens is 4. The van der Waals surface area contributed by atoms with Crippen LogP contribution in [0.1, 0.15) is 39.4 Å². The minimum atomic E-state index is -0.788. The molecule has 7 nitrogen and oxygen atoms in total. The van der Waals surface area contributed by atoms with Crippen molar-refractivity contribution in [1.29, 1.82) is 0 Å². The van der Waals surface area contributed by atoms with Crippen LogP contribution in [0.25, 0.3) is 5.65 Å². The number of anilines is 1. The van der Waals surface area contributed by atoms with E-state index in [-0.39, 0.29) is 11.8 Å². The van der Waals surface area contributed by atoms with Crippen LogP contribution in [0.3, 0.4) is 0 Å². The van der Waals surface area contributed by atoms with Gasteiger partial charge in [-0.05, 0) is 18.6 Å². The van der Waals surface area contributed by atoms with Gasteiger partial charge in [-0.15, -0.1) is 15.3 Å². The third kappa shape index (κ3) is 3.23. The Morgan fingerprint density at radius 2 is 2.10 bits per heavy atom. The number of nitrogens with one attached hydrogen (secondary N) is 1. The predicted octanol–water partition coefficient (Wildman–Crippen LogP) is 1.70. The molecule has 2 N–H and O–H groups in total. The summed E-state index contributed by atoms with van der Waals surface area (Å²) < 4.78 is 1.72. The van der Waals surface area contributed by atoms with Crippen LogP contribution in [0, 0.1) is 0 Å². The Morgan fingerprint density at radius 3 is 2.75 bits per heavy atom. The van der Waals surface area contributed by atoms with Crippen LogP contribution in [0.5, 0.6) is 0 Å². The zero-order chi connectivity index (χ0) is 14.8. The molecule has 0 atom stereocenters. The molecule has 0 aliphatic carbocycles. The summed E-state index contributed by atoms with van der Waals surface area (Å²) in [7, 11) is 0. The normalized spacial score (nSPS) is 11.8. The Kier molecular flexibility index (Phi) is 3.87. The topological polar surface area (TPSA) is 92.4 Å². The SMILES string of the molecule is CC(C)(C)c1nnc2ccc(NCCCC(=O)O)nn12. The molecular weight excluding hydrogens is 258 g/mol. The van der Waals surface area contributed by atoms with Gasteiger partial charge in [0.15, 0.2) is 11.5 Å². The molecule has 7 heteroatoms. The van der Waals surface area contributed by atoms with E-state index in [1.54, 1.807) is 4.52 Å². The molecular formula is C13H19N5O2. The van der Waals surface area contributed by atoms with Crippen LogP contribution in [-0.4, -0.2) is 37.4 Å². The van der Waals surface area contributed by atoms with Crippen molar-refractivity contribution >= 4 is 17.4 Å². The Bertz CT molecular complexity index is 615. The molecule has 2 aromatic rings. The summed E-state index contributed by atoms with van der Waals surface area (Å²) in [6, 6.07) is 3.66. The highest BCUT2D eigenvalue weighted by Crippen LogP contribution is 2.20. The van der Waals surface area contributed by atoms with Gasteiger partial charge in [-0.3, -0.25) is 4.79 Å². The lowest BCUT2D eigenvalue weighted by Gasteiger charge is -2.15. The second kappa shape index (κ2) is 5.44. The molecule has 0 aromatic carbocycles. The van der Waals surface area contributed by atoms with Gasteiger partial charge in [-0.25, -0.2) is 0 Å². The van der Waals surface area contributed by atoms with Crippen molar-refractivity contribution in [3.63, 3.8) is 0 Å². The van der Waals surface area contributed by atoms with Gasteiger partial charge in [0.1, 0.15) is 5.82 Å². The van der Waals surface area contributed by atoms with Gasteiger partial charge >= 0.3 is 5.97 Å². The van der Waals surface area contributed by atoms with E-state index >= 15 is 0 Å². The number of fused-ring (bicyclic) bond motifs is 1. The van der Waals surface area contributed by atoms with E-state index in [0.717, 1.165) is 5.82 Å². The van der Waals surface area contributed by atoms with Gasteiger partial charge in [-0.2, -0.15) is 4.52 Å². The van der Waals surface area contributed by atoms with E-state index in [4.69, 9.17) is 5.11 Å². The molecule has 0 fully saturated rings. The summed E-state index contributed by atoms with van der Waals surface area (Å²) in [6.07, 6.45) is 0.707. The van der Waals surface area contributed by atoms with Gasteiger partial charge in [-0.1, -0.05) is 20.8 Å². The first-order valence-electron chi connectivity index (χ1n) is 6.56. The maximum absolute atomic E-state index is 10.4. The molecule has 0 saturated carbocycles. The highest BCUT2D eigenvalue weighted by molar-refractivity contribution is 5.66. The number of carbonyl (C=O) groups is 1. The quantitative estimate of drug-likeness (QED) is 0.808. The highest BCUT2D eigenvalue weighted by atomic mass is 16.4. The summed E-state index contributed by atoms with van der Waals surface area (Å²) in [5.41, 5.74) is 0.556. The van der Waals surface area contributed by atoms with Crippen molar-refractivity contribution in [2.45, 2.75) is 39.0 Å². The van der Waals surface area contributed by atoms with E-state index in [1.807, 2.05) is 12.1 Å². The Morgan fingerprint density at radius 1 is 1.35 bits per heavy atom. The molecule has 0 bridgehead atoms. The van der Waals surface area contributed by atoms with Crippen molar-refractivity contribution in [2.75, 3.05) is 11.9 Å². The number of hydrogen-bond donors (Lipinski definition) is 2. The van der Waals surface area contributed by atoms with Crippen LogP contribution in [0.2, 0.25) is 0 Å². The van der Waals surface area contributed by atoms with Crippen molar-refractivity contribution in [1.82, 2.24) is 19.8 Å². The van der Waals surface area contributed by atoms with E-state index in [1.165, 1.54) is 0 Å². The summed E-state index contributed by atoms with van der Waals surface area (Å²) >= 11 is 0. The Hall–Kier alpha value is -2.18. The highest BCUT2D eigenvalue weighted by Gasteiger charge is 2.21. The van der Waals surface area contributed by atoms with Crippen LogP contribution in [0.15, 0.2) is 12.1 Å². The summed E-state index contributed by atoms with van der Waals surface area (Å²) in [4.78, 5) is 10.4. The van der Waals surface area contributed by atoms with Gasteiger partial charge < -0.3 is 10.4 Å². The van der Waals surface area contributed by atoms with Gasteiger partial charge in [0.25, 0.3) is 0 Å². The van der Waals surface area contributed by atoms with Crippen molar-refractivity contribution in [2.24, 2.45) is 0 Å². The van der Waals surface area contributed by atoms with Gasteiger partial charge in [0.2, 0.25) is 0 Å². The number of nitrogens with zero attached hydrogens (tertiary/aromatic N) is 4. The molecule has 0 unspecified atom stereocenters. The third-order valence-corrected chi connectivity index (χ3v) is 2.81. The lowest BCUT2D eigenvalue weighted by atomic mass is 9.96. The monoisotopic (exact) mass is 277 g/mol. The predicted molar refractivity (Wildman–Crippen MR) is 74.8 cm³/mol. The summed E-state index contributed by atoms with van der Waals surface area (Å²) in [5.74, 6) is 0.693. The first kappa shape index (κ1) is 14.2. The fourth-order valence-corrected chi connectivity index (χ4v) is 1.81. The number of rotatable bonds is 5. The molecule has 0 spiro atoms. The number of aliphatic carboxylic acids is 1. The average molecular weight is 277 g/mol. The van der Waals surface area contributed by atoms with Crippen LogP contribution in [-0.2, 0) is 10.2 Å². The van der Waals surface area contributed by atoms with Crippen molar-refractivity contribution in [3.8, 4) is 0 Å². The van der Waals surface area contributed by atoms with Gasteiger partial charge in [0, 0.05) is 18.4 Å². The molecule has 0 aliphatic rings. The Labute approximate surface area is 117 Å². The van der Waals surface area contributed by atoms with E-state index in [9.17, 15) is 4.79 Å². The molecule has 0 aliphatic heterocycles. The van der Waals surface area contributed by atoms with Crippen molar-refractivity contribution in [3.05, 3.63) is 18.0 Å². The molecule has 0 amide bonds. The maximum atomic E-state index is 10.4. The van der Waals surface area contributed by atoms with E-state index in [2.05, 4.69) is 41.4 Å². The van der Waals surface area contributed by atoms with Crippen LogP contribution < -0.4 is 5.32 Å². The first-order valence-corrected chi connectivity index (χ1v) is 6.56. The average Bonchev–Trinajstić information content (AvgIpc) is 2.77. The van der Waals surface area contributed by atoms with Crippen LogP contribution in [0.4, 0.5) is 5.82 Å². The van der Waals surface area contributed by atoms with Gasteiger partial charge in [0.05, 0.1) is 0 Å². The molecule has 2 heterocycles. The molecule has 0 saturated heterocycles. The van der Waals surface area contributed by atoms with E-state index in [0.29, 0.717) is 24.4 Å². The molecule has 20 heavy (non-hydrogen) atoms. The minimum absolute atomic E-state index is 0.144. The molecule has 2 aromatic heterocycles. The molecule has 108 valence electrons. The second-order valence-electron chi connectivity index (χ2n) is 5.69. The van der Waals surface area contributed by atoms with Crippen molar-refractivity contribution < 1.29 is 9.90 Å². The zero-order valence-corrected chi connectivity index (χ0v) is 11.9. The minimum Gasteiger partial charge on any atom is -0.481 e. The lowest BCUT2D eigenvalue weighted by Crippen LogP contribution is -2.17. The number of carboxylic acid groups (broad SMARTS) is 1. The lowest BCUT2D eigenvalue weighted by molar-refractivity contribution is -0.137. The molecule has 0 radical (unpaired) electrons. The fraction of sp³-hybridized carbons (Fsp3) is 0.538. The molecule has 2 rings (SSSR count). The largest absolute Gasteiger partial charge is 0.481 e. The Balaban J connectivity index is 2.14. The first-order chi connectivity index (χ1) is 9.38. The fourth-order valence-electron chi connectivity index (χ4n) is 1.81. The number of carboxylic acids is 1. The number of hydrogen-bond acceptors (Lipinski definition) is 5. The second-order valence-corrected chi connectivity index (χ2v) is 5.69. The van der Waals surface area contributed by atoms with Crippen LogP contribution >= 0.6 is 0 Å². The maximum Gasteiger partial charge on any atom is 0.303 e. The standard InChI is InChI=1S/C13H19N5O2/c1-13(2,3)12-16-15-10-7-6-9(17-18(10)12)14-8-4-5-11(19)20/h6-7H,4-5,8H2,1-3H3,(H,14,17)(H,19,20). The smallest absolute Gasteiger partial charge is 0.303 e. The summed E-state index contributed by atoms with van der Waals surface area (Å²) in [5, 5.41) is 24.4.